The lowest BCUT2D eigenvalue weighted by molar-refractivity contribution is -0.0588. The molecule has 0 aromatic heterocycles. The highest BCUT2D eigenvalue weighted by atomic mass is 32.2. The van der Waals surface area contributed by atoms with E-state index in [1.807, 2.05) is 12.1 Å². The van der Waals surface area contributed by atoms with E-state index in [4.69, 9.17) is 4.74 Å². The van der Waals surface area contributed by atoms with Crippen molar-refractivity contribution in [2.45, 2.75) is 17.2 Å². The summed E-state index contributed by atoms with van der Waals surface area (Å²) in [4.78, 5) is 0.366. The molecular weight excluding hydrogens is 250 g/mol. The number of likely N-dealkylation sites (N-methyl/N-ethyl adjacent to an activating group) is 1. The van der Waals surface area contributed by atoms with Crippen LogP contribution in [0.2, 0.25) is 0 Å². The van der Waals surface area contributed by atoms with Crippen molar-refractivity contribution in [3.63, 3.8) is 0 Å². The van der Waals surface area contributed by atoms with Crippen LogP contribution in [0.4, 0.5) is 0 Å². The van der Waals surface area contributed by atoms with Crippen LogP contribution in [0.3, 0.4) is 0 Å². The first-order valence-corrected chi connectivity index (χ1v) is 7.96. The molecular formula is C13H19NO3S. The minimum absolute atomic E-state index is 0.00600. The van der Waals surface area contributed by atoms with Gasteiger partial charge in [-0.25, -0.2) is 8.42 Å². The maximum absolute atomic E-state index is 11.4. The predicted octanol–water partition coefficient (Wildman–Crippen LogP) is 0.968. The SMILES string of the molecule is CCNCC1(c2ccc(S(C)(=O)=O)cc2)COC1. The fraction of sp³-hybridized carbons (Fsp3) is 0.538. The molecule has 1 fully saturated rings. The van der Waals surface area contributed by atoms with E-state index in [2.05, 4.69) is 12.2 Å². The largest absolute Gasteiger partial charge is 0.379 e. The molecule has 0 atom stereocenters. The fourth-order valence-electron chi connectivity index (χ4n) is 2.14. The van der Waals surface area contributed by atoms with Gasteiger partial charge in [-0.3, -0.25) is 0 Å². The summed E-state index contributed by atoms with van der Waals surface area (Å²) in [5.74, 6) is 0. The van der Waals surface area contributed by atoms with Crippen LogP contribution in [0, 0.1) is 0 Å². The molecule has 0 bridgehead atoms. The van der Waals surface area contributed by atoms with Crippen molar-refractivity contribution in [1.29, 1.82) is 0 Å². The normalized spacial score (nSPS) is 18.3. The van der Waals surface area contributed by atoms with Gasteiger partial charge in [0.25, 0.3) is 0 Å². The summed E-state index contributed by atoms with van der Waals surface area (Å²) in [6.45, 7) is 5.24. The van der Waals surface area contributed by atoms with E-state index in [1.165, 1.54) is 6.26 Å². The molecule has 100 valence electrons. The van der Waals surface area contributed by atoms with E-state index >= 15 is 0 Å². The second-order valence-corrected chi connectivity index (χ2v) is 6.87. The molecule has 1 N–H and O–H groups in total. The summed E-state index contributed by atoms with van der Waals surface area (Å²) in [6, 6.07) is 7.15. The van der Waals surface area contributed by atoms with Gasteiger partial charge >= 0.3 is 0 Å². The molecule has 0 amide bonds. The summed E-state index contributed by atoms with van der Waals surface area (Å²) >= 11 is 0. The average molecular weight is 269 g/mol. The fourth-order valence-corrected chi connectivity index (χ4v) is 2.77. The van der Waals surface area contributed by atoms with Gasteiger partial charge in [0.15, 0.2) is 9.84 Å². The van der Waals surface area contributed by atoms with Crippen molar-refractivity contribution in [1.82, 2.24) is 5.32 Å². The first-order valence-electron chi connectivity index (χ1n) is 6.07. The zero-order chi connectivity index (χ0) is 13.2. The molecule has 1 aromatic carbocycles. The Hall–Kier alpha value is -0.910. The molecule has 0 radical (unpaired) electrons. The van der Waals surface area contributed by atoms with Crippen molar-refractivity contribution in [2.24, 2.45) is 0 Å². The number of nitrogens with one attached hydrogen (secondary N) is 1. The van der Waals surface area contributed by atoms with Crippen LogP contribution in [0.25, 0.3) is 0 Å². The van der Waals surface area contributed by atoms with Crippen molar-refractivity contribution in [2.75, 3.05) is 32.6 Å². The number of sulfone groups is 1. The highest BCUT2D eigenvalue weighted by Crippen LogP contribution is 2.32. The van der Waals surface area contributed by atoms with Gasteiger partial charge in [-0.2, -0.15) is 0 Å². The van der Waals surface area contributed by atoms with E-state index < -0.39 is 9.84 Å². The minimum atomic E-state index is -3.12. The zero-order valence-electron chi connectivity index (χ0n) is 10.8. The minimum Gasteiger partial charge on any atom is -0.379 e. The molecule has 0 saturated carbocycles. The number of rotatable bonds is 5. The molecule has 0 aliphatic carbocycles. The van der Waals surface area contributed by atoms with Crippen LogP contribution < -0.4 is 5.32 Å². The Morgan fingerprint density at radius 3 is 2.28 bits per heavy atom. The van der Waals surface area contributed by atoms with Crippen LogP contribution in [0.5, 0.6) is 0 Å². The lowest BCUT2D eigenvalue weighted by Crippen LogP contribution is -2.53. The number of benzene rings is 1. The molecule has 1 heterocycles. The van der Waals surface area contributed by atoms with Gasteiger partial charge in [0.05, 0.1) is 23.5 Å². The molecule has 1 aliphatic rings. The van der Waals surface area contributed by atoms with Gasteiger partial charge in [-0.05, 0) is 24.2 Å². The number of ether oxygens (including phenoxy) is 1. The Morgan fingerprint density at radius 2 is 1.89 bits per heavy atom. The molecule has 0 spiro atoms. The summed E-state index contributed by atoms with van der Waals surface area (Å²) in [6.07, 6.45) is 1.23. The Kier molecular flexibility index (Phi) is 3.75. The van der Waals surface area contributed by atoms with E-state index in [0.717, 1.165) is 18.7 Å². The quantitative estimate of drug-likeness (QED) is 0.865. The molecule has 4 nitrogen and oxygen atoms in total. The van der Waals surface area contributed by atoms with Crippen LogP contribution >= 0.6 is 0 Å². The highest BCUT2D eigenvalue weighted by Gasteiger charge is 2.39. The monoisotopic (exact) mass is 269 g/mol. The second kappa shape index (κ2) is 4.99. The second-order valence-electron chi connectivity index (χ2n) is 4.85. The first kappa shape index (κ1) is 13.5. The van der Waals surface area contributed by atoms with Gasteiger partial charge in [0.1, 0.15) is 0 Å². The molecule has 1 aliphatic heterocycles. The molecule has 2 rings (SSSR count). The van der Waals surface area contributed by atoms with Gasteiger partial charge in [-0.15, -0.1) is 0 Å². The molecule has 1 saturated heterocycles. The maximum Gasteiger partial charge on any atom is 0.175 e. The molecule has 18 heavy (non-hydrogen) atoms. The van der Waals surface area contributed by atoms with Crippen LogP contribution in [-0.4, -0.2) is 41.0 Å². The van der Waals surface area contributed by atoms with Crippen molar-refractivity contribution in [3.05, 3.63) is 29.8 Å². The Labute approximate surface area is 108 Å². The summed E-state index contributed by atoms with van der Waals surface area (Å²) in [5, 5.41) is 3.34. The molecule has 0 unspecified atom stereocenters. The molecule has 5 heteroatoms. The van der Waals surface area contributed by atoms with Gasteiger partial charge < -0.3 is 10.1 Å². The number of hydrogen-bond donors (Lipinski definition) is 1. The third-order valence-electron chi connectivity index (χ3n) is 3.36. The van der Waals surface area contributed by atoms with Gasteiger partial charge in [0.2, 0.25) is 0 Å². The summed E-state index contributed by atoms with van der Waals surface area (Å²) in [7, 11) is -3.12. The molecule has 1 aromatic rings. The van der Waals surface area contributed by atoms with Crippen LogP contribution in [-0.2, 0) is 20.0 Å². The number of hydrogen-bond acceptors (Lipinski definition) is 4. The van der Waals surface area contributed by atoms with E-state index in [9.17, 15) is 8.42 Å². The predicted molar refractivity (Wildman–Crippen MR) is 70.6 cm³/mol. The lowest BCUT2D eigenvalue weighted by Gasteiger charge is -2.42. The van der Waals surface area contributed by atoms with Crippen molar-refractivity contribution >= 4 is 9.84 Å². The van der Waals surface area contributed by atoms with Crippen molar-refractivity contribution in [3.8, 4) is 0 Å². The lowest BCUT2D eigenvalue weighted by atomic mass is 9.78. The van der Waals surface area contributed by atoms with Gasteiger partial charge in [0, 0.05) is 12.8 Å². The summed E-state index contributed by atoms with van der Waals surface area (Å²) in [5.41, 5.74) is 1.15. The van der Waals surface area contributed by atoms with Crippen LogP contribution in [0.15, 0.2) is 29.2 Å². The standard InChI is InChI=1S/C13H19NO3S/c1-3-14-8-13(9-17-10-13)11-4-6-12(7-5-11)18(2,15)16/h4-7,14H,3,8-10H2,1-2H3. The average Bonchev–Trinajstić information content (AvgIpc) is 2.27. The maximum atomic E-state index is 11.4. The van der Waals surface area contributed by atoms with Crippen LogP contribution in [0.1, 0.15) is 12.5 Å². The first-order chi connectivity index (χ1) is 8.48. The Balaban J connectivity index is 2.23. The third-order valence-corrected chi connectivity index (χ3v) is 4.49. The van der Waals surface area contributed by atoms with Gasteiger partial charge in [-0.1, -0.05) is 19.1 Å². The summed E-state index contributed by atoms with van der Waals surface area (Å²) < 4.78 is 28.2. The Bertz CT molecular complexity index is 504. The Morgan fingerprint density at radius 1 is 1.28 bits per heavy atom. The van der Waals surface area contributed by atoms with Crippen molar-refractivity contribution < 1.29 is 13.2 Å². The van der Waals surface area contributed by atoms with E-state index in [0.29, 0.717) is 18.1 Å². The topological polar surface area (TPSA) is 55.4 Å². The highest BCUT2D eigenvalue weighted by molar-refractivity contribution is 7.90. The third kappa shape index (κ3) is 2.58. The van der Waals surface area contributed by atoms with E-state index in [-0.39, 0.29) is 5.41 Å². The smallest absolute Gasteiger partial charge is 0.175 e. The zero-order valence-corrected chi connectivity index (χ0v) is 11.6. The van der Waals surface area contributed by atoms with E-state index in [1.54, 1.807) is 12.1 Å².